The Bertz CT molecular complexity index is 334. The first-order chi connectivity index (χ1) is 6.12. The summed E-state index contributed by atoms with van der Waals surface area (Å²) in [7, 11) is 0. The van der Waals surface area contributed by atoms with Crippen LogP contribution >= 0.6 is 11.8 Å². The lowest BCUT2D eigenvalue weighted by molar-refractivity contribution is 0.0767. The van der Waals surface area contributed by atoms with Crippen LogP contribution in [0.4, 0.5) is 4.39 Å². The summed E-state index contributed by atoms with van der Waals surface area (Å²) in [5, 5.41) is 9.95. The van der Waals surface area contributed by atoms with E-state index in [-0.39, 0.29) is 5.82 Å². The second-order valence-corrected chi connectivity index (χ2v) is 4.47. The average Bonchev–Trinajstić information content (AvgIpc) is 2.06. The molecular formula is C10H11FOS. The quantitative estimate of drug-likeness (QED) is 0.745. The number of halogens is 1. The highest BCUT2D eigenvalue weighted by atomic mass is 32.2. The summed E-state index contributed by atoms with van der Waals surface area (Å²) in [6.07, 6.45) is 0. The van der Waals surface area contributed by atoms with Crippen molar-refractivity contribution in [1.29, 1.82) is 0 Å². The van der Waals surface area contributed by atoms with Crippen LogP contribution < -0.4 is 0 Å². The zero-order chi connectivity index (χ0) is 9.47. The minimum Gasteiger partial charge on any atom is -0.383 e. The van der Waals surface area contributed by atoms with Crippen molar-refractivity contribution in [3.05, 3.63) is 35.1 Å². The van der Waals surface area contributed by atoms with Crippen molar-refractivity contribution >= 4 is 11.8 Å². The molecule has 0 spiro atoms. The number of hydrogen-bond acceptors (Lipinski definition) is 2. The van der Waals surface area contributed by atoms with E-state index >= 15 is 0 Å². The van der Waals surface area contributed by atoms with Gasteiger partial charge in [0.2, 0.25) is 0 Å². The molecule has 1 aromatic carbocycles. The fourth-order valence-corrected chi connectivity index (χ4v) is 2.32. The van der Waals surface area contributed by atoms with Crippen LogP contribution in [0.25, 0.3) is 0 Å². The molecule has 1 heterocycles. The highest BCUT2D eigenvalue weighted by molar-refractivity contribution is 8.00. The van der Waals surface area contributed by atoms with Crippen LogP contribution in [-0.2, 0) is 5.60 Å². The highest BCUT2D eigenvalue weighted by Gasteiger charge is 2.37. The monoisotopic (exact) mass is 198 g/mol. The maximum Gasteiger partial charge on any atom is 0.126 e. The van der Waals surface area contributed by atoms with Crippen molar-refractivity contribution in [1.82, 2.24) is 0 Å². The third-order valence-corrected chi connectivity index (χ3v) is 3.74. The van der Waals surface area contributed by atoms with Crippen molar-refractivity contribution < 1.29 is 9.50 Å². The van der Waals surface area contributed by atoms with Crippen LogP contribution in [0.1, 0.15) is 11.1 Å². The summed E-state index contributed by atoms with van der Waals surface area (Å²) in [6.45, 7) is 1.72. The molecule has 0 saturated carbocycles. The molecule has 1 aromatic rings. The van der Waals surface area contributed by atoms with Crippen LogP contribution in [0.2, 0.25) is 0 Å². The van der Waals surface area contributed by atoms with E-state index in [1.165, 1.54) is 6.07 Å². The zero-order valence-electron chi connectivity index (χ0n) is 7.38. The van der Waals surface area contributed by atoms with Gasteiger partial charge < -0.3 is 5.11 Å². The van der Waals surface area contributed by atoms with Gasteiger partial charge in [-0.1, -0.05) is 12.1 Å². The van der Waals surface area contributed by atoms with Gasteiger partial charge in [0, 0.05) is 11.5 Å². The first-order valence-electron chi connectivity index (χ1n) is 4.19. The fourth-order valence-electron chi connectivity index (χ4n) is 1.40. The second-order valence-electron chi connectivity index (χ2n) is 3.49. The Labute approximate surface area is 81.0 Å². The van der Waals surface area contributed by atoms with Gasteiger partial charge in [-0.3, -0.25) is 0 Å². The maximum absolute atomic E-state index is 12.9. The summed E-state index contributed by atoms with van der Waals surface area (Å²) in [5.41, 5.74) is 0.733. The van der Waals surface area contributed by atoms with E-state index in [0.29, 0.717) is 5.56 Å². The number of hydrogen-bond donors (Lipinski definition) is 1. The number of thioether (sulfide) groups is 1. The van der Waals surface area contributed by atoms with Crippen LogP contribution in [0.15, 0.2) is 18.2 Å². The molecule has 1 nitrogen and oxygen atoms in total. The van der Waals surface area contributed by atoms with E-state index in [1.54, 1.807) is 30.8 Å². The zero-order valence-corrected chi connectivity index (χ0v) is 8.20. The van der Waals surface area contributed by atoms with Gasteiger partial charge in [-0.05, 0) is 24.1 Å². The molecule has 0 radical (unpaired) electrons. The molecule has 1 aliphatic rings. The summed E-state index contributed by atoms with van der Waals surface area (Å²) < 4.78 is 12.9. The van der Waals surface area contributed by atoms with Crippen LogP contribution in [0, 0.1) is 12.7 Å². The normalized spacial score (nSPS) is 19.6. The van der Waals surface area contributed by atoms with E-state index in [4.69, 9.17) is 0 Å². The van der Waals surface area contributed by atoms with Crippen molar-refractivity contribution in [2.45, 2.75) is 12.5 Å². The smallest absolute Gasteiger partial charge is 0.126 e. The van der Waals surface area contributed by atoms with E-state index < -0.39 is 5.60 Å². The van der Waals surface area contributed by atoms with Gasteiger partial charge in [-0.25, -0.2) is 4.39 Å². The molecule has 13 heavy (non-hydrogen) atoms. The van der Waals surface area contributed by atoms with E-state index in [0.717, 1.165) is 17.1 Å². The van der Waals surface area contributed by atoms with E-state index in [2.05, 4.69) is 0 Å². The fraction of sp³-hybridized carbons (Fsp3) is 0.400. The van der Waals surface area contributed by atoms with Gasteiger partial charge in [0.1, 0.15) is 11.4 Å². The Morgan fingerprint density at radius 1 is 1.46 bits per heavy atom. The minimum atomic E-state index is -0.705. The Morgan fingerprint density at radius 3 is 2.62 bits per heavy atom. The van der Waals surface area contributed by atoms with Gasteiger partial charge in [0.25, 0.3) is 0 Å². The van der Waals surface area contributed by atoms with Gasteiger partial charge in [-0.2, -0.15) is 11.8 Å². The summed E-state index contributed by atoms with van der Waals surface area (Å²) in [6, 6.07) is 4.82. The molecule has 1 saturated heterocycles. The number of aliphatic hydroxyl groups is 1. The Hall–Kier alpha value is -0.540. The number of aryl methyl sites for hydroxylation is 1. The van der Waals surface area contributed by atoms with Crippen molar-refractivity contribution in [3.63, 3.8) is 0 Å². The Morgan fingerprint density at radius 2 is 2.15 bits per heavy atom. The molecule has 0 amide bonds. The summed E-state index contributed by atoms with van der Waals surface area (Å²) in [5.74, 6) is 1.23. The van der Waals surface area contributed by atoms with Crippen LogP contribution in [0.3, 0.4) is 0 Å². The maximum atomic E-state index is 12.9. The van der Waals surface area contributed by atoms with Crippen molar-refractivity contribution in [3.8, 4) is 0 Å². The van der Waals surface area contributed by atoms with Gasteiger partial charge >= 0.3 is 0 Å². The summed E-state index contributed by atoms with van der Waals surface area (Å²) >= 11 is 1.71. The lowest BCUT2D eigenvalue weighted by atomic mass is 9.95. The molecule has 70 valence electrons. The molecule has 0 aliphatic carbocycles. The van der Waals surface area contributed by atoms with E-state index in [1.807, 2.05) is 0 Å². The topological polar surface area (TPSA) is 20.2 Å². The van der Waals surface area contributed by atoms with Gasteiger partial charge in [0.15, 0.2) is 0 Å². The summed E-state index contributed by atoms with van der Waals surface area (Å²) in [4.78, 5) is 0. The third-order valence-electron chi connectivity index (χ3n) is 2.38. The molecule has 0 atom stereocenters. The molecular weight excluding hydrogens is 187 g/mol. The molecule has 0 unspecified atom stereocenters. The third kappa shape index (κ3) is 1.46. The molecule has 1 N–H and O–H groups in total. The highest BCUT2D eigenvalue weighted by Crippen LogP contribution is 2.38. The lowest BCUT2D eigenvalue weighted by Crippen LogP contribution is -2.39. The molecule has 1 fully saturated rings. The minimum absolute atomic E-state index is 0.209. The predicted octanol–water partition coefficient (Wildman–Crippen LogP) is 2.07. The second kappa shape index (κ2) is 3.00. The van der Waals surface area contributed by atoms with E-state index in [9.17, 15) is 9.50 Å². The number of benzene rings is 1. The van der Waals surface area contributed by atoms with Crippen LogP contribution in [-0.4, -0.2) is 16.6 Å². The average molecular weight is 198 g/mol. The molecule has 0 aromatic heterocycles. The van der Waals surface area contributed by atoms with Crippen molar-refractivity contribution in [2.24, 2.45) is 0 Å². The number of rotatable bonds is 1. The molecule has 3 heteroatoms. The van der Waals surface area contributed by atoms with Gasteiger partial charge in [0.05, 0.1) is 0 Å². The largest absolute Gasteiger partial charge is 0.383 e. The molecule has 1 aliphatic heterocycles. The van der Waals surface area contributed by atoms with Crippen LogP contribution in [0.5, 0.6) is 0 Å². The Balaban J connectivity index is 2.36. The predicted molar refractivity (Wildman–Crippen MR) is 52.4 cm³/mol. The lowest BCUT2D eigenvalue weighted by Gasteiger charge is -2.36. The Kier molecular flexibility index (Phi) is 2.08. The molecule has 0 bridgehead atoms. The van der Waals surface area contributed by atoms with Gasteiger partial charge in [-0.15, -0.1) is 0 Å². The van der Waals surface area contributed by atoms with Crippen molar-refractivity contribution in [2.75, 3.05) is 11.5 Å². The standard InChI is InChI=1S/C10H11FOS/c1-7-4-8(2-3-9(7)11)10(12)5-13-6-10/h2-4,12H,5-6H2,1H3. The first-order valence-corrected chi connectivity index (χ1v) is 5.34. The molecule has 2 rings (SSSR count). The first kappa shape index (κ1) is 9.03. The SMILES string of the molecule is Cc1cc(C2(O)CSC2)ccc1F.